The maximum atomic E-state index is 13.0. The lowest BCUT2D eigenvalue weighted by atomic mass is 10.0. The lowest BCUT2D eigenvalue weighted by molar-refractivity contribution is -0.161. The number of aliphatic hydroxyl groups is 1. The number of carbonyl (C=O) groups is 4. The van der Waals surface area contributed by atoms with Gasteiger partial charge in [-0.3, -0.25) is 37.3 Å². The zero-order valence-electron chi connectivity index (χ0n) is 53.5. The van der Waals surface area contributed by atoms with Crippen LogP contribution in [0.2, 0.25) is 0 Å². The molecule has 17 nitrogen and oxygen atoms in total. The summed E-state index contributed by atoms with van der Waals surface area (Å²) >= 11 is 0. The van der Waals surface area contributed by atoms with Crippen LogP contribution in [0.15, 0.2) is 24.3 Å². The third kappa shape index (κ3) is 58.6. The van der Waals surface area contributed by atoms with Crippen molar-refractivity contribution in [2.24, 2.45) is 5.92 Å². The van der Waals surface area contributed by atoms with Crippen molar-refractivity contribution in [3.05, 3.63) is 24.3 Å². The van der Waals surface area contributed by atoms with Gasteiger partial charge in [0, 0.05) is 25.7 Å². The van der Waals surface area contributed by atoms with E-state index in [4.69, 9.17) is 37.0 Å². The van der Waals surface area contributed by atoms with Gasteiger partial charge < -0.3 is 33.8 Å². The highest BCUT2D eigenvalue weighted by atomic mass is 31.2. The summed E-state index contributed by atoms with van der Waals surface area (Å²) in [6.45, 7) is 7.01. The van der Waals surface area contributed by atoms with Crippen molar-refractivity contribution < 1.29 is 80.2 Å². The molecule has 0 amide bonds. The quantitative estimate of drug-likeness (QED) is 0.0169. The molecule has 0 heterocycles. The average molecular weight is 1240 g/mol. The molecule has 0 aromatic carbocycles. The molecule has 2 unspecified atom stereocenters. The second-order valence-corrected chi connectivity index (χ2v) is 26.2. The molecule has 84 heavy (non-hydrogen) atoms. The van der Waals surface area contributed by atoms with Gasteiger partial charge in [-0.05, 0) is 57.3 Å². The predicted molar refractivity (Wildman–Crippen MR) is 335 cm³/mol. The fourth-order valence-corrected chi connectivity index (χ4v) is 10.8. The number of rotatable bonds is 63. The molecule has 0 saturated heterocycles. The molecule has 0 aliphatic carbocycles. The summed E-state index contributed by atoms with van der Waals surface area (Å²) in [6, 6.07) is 0. The van der Waals surface area contributed by atoms with Gasteiger partial charge in [-0.2, -0.15) is 0 Å². The van der Waals surface area contributed by atoms with Crippen molar-refractivity contribution in [2.45, 2.75) is 323 Å². The maximum absolute atomic E-state index is 13.0. The third-order valence-corrected chi connectivity index (χ3v) is 16.3. The fraction of sp³-hybridized carbons (Fsp3) is 0.877. The van der Waals surface area contributed by atoms with Crippen LogP contribution in [0.1, 0.15) is 304 Å². The van der Waals surface area contributed by atoms with Crippen molar-refractivity contribution in [3.63, 3.8) is 0 Å². The van der Waals surface area contributed by atoms with Crippen LogP contribution >= 0.6 is 15.6 Å². The summed E-state index contributed by atoms with van der Waals surface area (Å²) in [5, 5.41) is 10.5. The van der Waals surface area contributed by atoms with Gasteiger partial charge >= 0.3 is 39.5 Å². The Morgan fingerprint density at radius 1 is 0.369 bits per heavy atom. The highest BCUT2D eigenvalue weighted by molar-refractivity contribution is 7.47. The van der Waals surface area contributed by atoms with Gasteiger partial charge in [-0.25, -0.2) is 9.13 Å². The first-order valence-corrected chi connectivity index (χ1v) is 36.4. The summed E-state index contributed by atoms with van der Waals surface area (Å²) in [5.41, 5.74) is 0. The minimum Gasteiger partial charge on any atom is -0.462 e. The van der Waals surface area contributed by atoms with Crippen LogP contribution in [0.4, 0.5) is 0 Å². The highest BCUT2D eigenvalue weighted by Crippen LogP contribution is 2.45. The number of phosphoric acid groups is 2. The molecular formula is C65H122O17P2. The minimum atomic E-state index is -4.95. The van der Waals surface area contributed by atoms with Gasteiger partial charge in [0.2, 0.25) is 0 Å². The van der Waals surface area contributed by atoms with Crippen LogP contribution < -0.4 is 0 Å². The van der Waals surface area contributed by atoms with Crippen molar-refractivity contribution in [1.82, 2.24) is 0 Å². The van der Waals surface area contributed by atoms with E-state index in [0.29, 0.717) is 25.7 Å². The van der Waals surface area contributed by atoms with E-state index in [2.05, 4.69) is 58.9 Å². The molecule has 0 radical (unpaired) electrons. The first-order valence-electron chi connectivity index (χ1n) is 33.5. The Labute approximate surface area is 510 Å². The zero-order chi connectivity index (χ0) is 62.0. The molecule has 0 aromatic heterocycles. The van der Waals surface area contributed by atoms with Crippen LogP contribution in [-0.4, -0.2) is 96.7 Å². The van der Waals surface area contributed by atoms with Gasteiger partial charge in [0.15, 0.2) is 12.2 Å². The minimum absolute atomic E-state index is 0.0852. The largest absolute Gasteiger partial charge is 0.472 e. The Morgan fingerprint density at radius 3 is 0.976 bits per heavy atom. The van der Waals surface area contributed by atoms with Crippen LogP contribution in [0.5, 0.6) is 0 Å². The molecule has 0 aromatic rings. The number of hydrogen-bond donors (Lipinski definition) is 3. The van der Waals surface area contributed by atoms with E-state index >= 15 is 0 Å². The first-order chi connectivity index (χ1) is 40.5. The molecule has 0 rings (SSSR count). The summed E-state index contributed by atoms with van der Waals surface area (Å²) in [6.07, 6.45) is 45.6. The van der Waals surface area contributed by atoms with Crippen LogP contribution in [0.25, 0.3) is 0 Å². The van der Waals surface area contributed by atoms with E-state index in [9.17, 15) is 43.2 Å². The van der Waals surface area contributed by atoms with Crippen LogP contribution in [-0.2, 0) is 65.4 Å². The molecule has 0 fully saturated rings. The normalized spacial score (nSPS) is 14.4. The smallest absolute Gasteiger partial charge is 0.462 e. The molecule has 0 spiro atoms. The van der Waals surface area contributed by atoms with Gasteiger partial charge in [-0.1, -0.05) is 252 Å². The molecule has 0 aliphatic heterocycles. The number of allylic oxidation sites excluding steroid dienone is 4. The zero-order valence-corrected chi connectivity index (χ0v) is 55.3. The fourth-order valence-electron chi connectivity index (χ4n) is 9.22. The summed E-state index contributed by atoms with van der Waals surface area (Å²) < 4.78 is 67.8. The van der Waals surface area contributed by atoms with Crippen molar-refractivity contribution in [1.29, 1.82) is 0 Å². The molecule has 494 valence electrons. The van der Waals surface area contributed by atoms with Crippen LogP contribution in [0, 0.1) is 5.92 Å². The number of unbranched alkanes of at least 4 members (excludes halogenated alkanes) is 32. The van der Waals surface area contributed by atoms with Crippen molar-refractivity contribution in [2.75, 3.05) is 39.6 Å². The van der Waals surface area contributed by atoms with Gasteiger partial charge in [0.05, 0.1) is 26.4 Å². The molecule has 0 bridgehead atoms. The Hall–Kier alpha value is -2.46. The lowest BCUT2D eigenvalue weighted by Crippen LogP contribution is -2.30. The molecule has 0 saturated carbocycles. The number of hydrogen-bond acceptors (Lipinski definition) is 15. The van der Waals surface area contributed by atoms with E-state index in [-0.39, 0.29) is 25.7 Å². The Kier molecular flexibility index (Phi) is 56.5. The highest BCUT2D eigenvalue weighted by Gasteiger charge is 2.30. The number of aliphatic hydroxyl groups excluding tert-OH is 1. The molecule has 3 N–H and O–H groups in total. The number of phosphoric ester groups is 2. The third-order valence-electron chi connectivity index (χ3n) is 14.4. The monoisotopic (exact) mass is 1240 g/mol. The Morgan fingerprint density at radius 2 is 0.643 bits per heavy atom. The van der Waals surface area contributed by atoms with Crippen molar-refractivity contribution in [3.8, 4) is 0 Å². The predicted octanol–water partition coefficient (Wildman–Crippen LogP) is 17.7. The topological polar surface area (TPSA) is 237 Å². The molecule has 0 aliphatic rings. The molecule has 5 atom stereocenters. The van der Waals surface area contributed by atoms with E-state index in [1.165, 1.54) is 109 Å². The lowest BCUT2D eigenvalue weighted by Gasteiger charge is -2.21. The summed E-state index contributed by atoms with van der Waals surface area (Å²) in [5.74, 6) is -1.46. The summed E-state index contributed by atoms with van der Waals surface area (Å²) in [7, 11) is -9.89. The number of carbonyl (C=O) groups excluding carboxylic acids is 4. The van der Waals surface area contributed by atoms with Crippen molar-refractivity contribution >= 4 is 39.5 Å². The number of esters is 4. The second kappa shape index (κ2) is 58.2. The first kappa shape index (κ1) is 81.5. The van der Waals surface area contributed by atoms with Crippen LogP contribution in [0.3, 0.4) is 0 Å². The number of ether oxygens (including phenoxy) is 4. The van der Waals surface area contributed by atoms with Gasteiger partial charge in [-0.15, -0.1) is 0 Å². The molecular weight excluding hydrogens is 1110 g/mol. The van der Waals surface area contributed by atoms with E-state index in [0.717, 1.165) is 115 Å². The average Bonchev–Trinajstić information content (AvgIpc) is 3.57. The van der Waals surface area contributed by atoms with Gasteiger partial charge in [0.1, 0.15) is 19.3 Å². The molecule has 19 heteroatoms. The maximum Gasteiger partial charge on any atom is 0.472 e. The second-order valence-electron chi connectivity index (χ2n) is 23.3. The van der Waals surface area contributed by atoms with Gasteiger partial charge in [0.25, 0.3) is 0 Å². The van der Waals surface area contributed by atoms with E-state index < -0.39 is 97.5 Å². The van der Waals surface area contributed by atoms with E-state index in [1.54, 1.807) is 0 Å². The Balaban J connectivity index is 5.22. The SMILES string of the molecule is CCCCCC/C=C\C=C/CCCCCCCC(=O)O[C@H](COC(=O)CCCCCCCCCCCCCCC)COP(=O)(O)OC[C@@H](O)COP(=O)(O)OC[C@@H](COC(=O)CCCCCCC)OC(=O)CCCCCCCCCCC(C)C. The summed E-state index contributed by atoms with van der Waals surface area (Å²) in [4.78, 5) is 72.0. The standard InChI is InChI=1S/C65H122O17P2/c1-6-9-12-15-17-19-21-23-24-26-28-30-35-40-45-50-64(69)82-61(55-76-63(68)49-44-39-34-29-27-25-22-20-18-16-13-10-7-2)57-80-84(73,74)78-53-59(66)52-77-83(71,72)79-56-60(54-75-62(67)48-43-37-14-11-8-3)81-65(70)51-46-41-36-32-31-33-38-42-47-58(4)5/h19,21,23-24,58-61,66H,6-18,20,22,25-57H2,1-5H3,(H,71,72)(H,73,74)/b21-19-,24-23-/t59-,60+,61+/m0/s1. The van der Waals surface area contributed by atoms with E-state index in [1.807, 2.05) is 0 Å². The Bertz CT molecular complexity index is 1730.